The van der Waals surface area contributed by atoms with Crippen molar-refractivity contribution in [2.24, 2.45) is 0 Å². The molecule has 1 fully saturated rings. The molecule has 0 aliphatic heterocycles. The second-order valence-electron chi connectivity index (χ2n) is 10.1. The molecule has 3 aromatic rings. The highest BCUT2D eigenvalue weighted by Crippen LogP contribution is 2.28. The Morgan fingerprint density at radius 1 is 0.925 bits per heavy atom. The standard InChI is InChI=1S/C31H36ClN3O4S/c1-3-24-13-8-12-20-29(24)35(40(38,39)27-17-5-4-6-18-27)22-30(36)34(21-25-14-7-11-19-28(25)32)23(2)31(37)33-26-15-9-10-16-26/h4-8,11-14,17-20,23,26H,3,9-10,15-16,21-22H2,1-2H3,(H,33,37)/t23-/m0/s1. The van der Waals surface area contributed by atoms with Crippen molar-refractivity contribution in [1.82, 2.24) is 10.2 Å². The summed E-state index contributed by atoms with van der Waals surface area (Å²) in [6.07, 6.45) is 4.52. The molecule has 0 heterocycles. The highest BCUT2D eigenvalue weighted by Gasteiger charge is 2.34. The number of para-hydroxylation sites is 1. The number of anilines is 1. The van der Waals surface area contributed by atoms with E-state index in [2.05, 4.69) is 5.32 Å². The molecule has 3 aromatic carbocycles. The second kappa shape index (κ2) is 13.3. The third kappa shape index (κ3) is 6.85. The van der Waals surface area contributed by atoms with Crippen LogP contribution in [0.25, 0.3) is 0 Å². The number of hydrogen-bond donors (Lipinski definition) is 1. The quantitative estimate of drug-likeness (QED) is 0.320. The number of hydrogen-bond acceptors (Lipinski definition) is 4. The van der Waals surface area contributed by atoms with E-state index < -0.39 is 28.5 Å². The normalized spacial score (nSPS) is 14.5. The number of aryl methyl sites for hydroxylation is 1. The fourth-order valence-corrected chi connectivity index (χ4v) is 6.74. The average molecular weight is 582 g/mol. The smallest absolute Gasteiger partial charge is 0.264 e. The van der Waals surface area contributed by atoms with E-state index in [0.29, 0.717) is 22.7 Å². The number of nitrogens with zero attached hydrogens (tertiary/aromatic N) is 2. The molecule has 0 aromatic heterocycles. The molecular formula is C31H36ClN3O4S. The number of carbonyl (C=O) groups is 2. The van der Waals surface area contributed by atoms with Gasteiger partial charge in [-0.25, -0.2) is 8.42 Å². The molecule has 2 amide bonds. The van der Waals surface area contributed by atoms with Crippen molar-refractivity contribution in [2.45, 2.75) is 69.5 Å². The predicted molar refractivity (Wildman–Crippen MR) is 159 cm³/mol. The van der Waals surface area contributed by atoms with E-state index in [1.54, 1.807) is 55.5 Å². The minimum Gasteiger partial charge on any atom is -0.352 e. The summed E-state index contributed by atoms with van der Waals surface area (Å²) in [4.78, 5) is 28.9. The van der Waals surface area contributed by atoms with Crippen LogP contribution >= 0.6 is 11.6 Å². The average Bonchev–Trinajstić information content (AvgIpc) is 3.48. The van der Waals surface area contributed by atoms with Crippen LogP contribution in [0.15, 0.2) is 83.8 Å². The maximum absolute atomic E-state index is 14.1. The van der Waals surface area contributed by atoms with Gasteiger partial charge in [-0.05, 0) is 61.6 Å². The van der Waals surface area contributed by atoms with Crippen molar-refractivity contribution in [3.8, 4) is 0 Å². The topological polar surface area (TPSA) is 86.8 Å². The van der Waals surface area contributed by atoms with Crippen LogP contribution in [0.4, 0.5) is 5.69 Å². The molecule has 1 N–H and O–H groups in total. The summed E-state index contributed by atoms with van der Waals surface area (Å²) in [5.74, 6) is -0.766. The van der Waals surface area contributed by atoms with Gasteiger partial charge in [-0.15, -0.1) is 0 Å². The first-order chi connectivity index (χ1) is 19.2. The summed E-state index contributed by atoms with van der Waals surface area (Å²) in [7, 11) is -4.10. The molecule has 1 atom stereocenters. The van der Waals surface area contributed by atoms with Gasteiger partial charge in [-0.1, -0.05) is 86.0 Å². The number of carbonyl (C=O) groups excluding carboxylic acids is 2. The van der Waals surface area contributed by atoms with Crippen LogP contribution in [0, 0.1) is 0 Å². The Balaban J connectivity index is 1.71. The number of nitrogens with one attached hydrogen (secondary N) is 1. The van der Waals surface area contributed by atoms with Crippen molar-refractivity contribution in [3.05, 3.63) is 95.0 Å². The van der Waals surface area contributed by atoms with Crippen molar-refractivity contribution in [1.29, 1.82) is 0 Å². The molecule has 9 heteroatoms. The van der Waals surface area contributed by atoms with Crippen LogP contribution < -0.4 is 9.62 Å². The molecule has 1 saturated carbocycles. The van der Waals surface area contributed by atoms with Crippen molar-refractivity contribution in [2.75, 3.05) is 10.8 Å². The first kappa shape index (κ1) is 29.6. The molecular weight excluding hydrogens is 546 g/mol. The van der Waals surface area contributed by atoms with Gasteiger partial charge in [0.05, 0.1) is 10.6 Å². The summed E-state index contributed by atoms with van der Waals surface area (Å²) in [6.45, 7) is 3.20. The lowest BCUT2D eigenvalue weighted by Gasteiger charge is -2.33. The highest BCUT2D eigenvalue weighted by molar-refractivity contribution is 7.92. The largest absolute Gasteiger partial charge is 0.352 e. The molecule has 1 aliphatic carbocycles. The van der Waals surface area contributed by atoms with E-state index in [9.17, 15) is 18.0 Å². The zero-order valence-electron chi connectivity index (χ0n) is 22.9. The summed E-state index contributed by atoms with van der Waals surface area (Å²) in [5, 5.41) is 3.54. The number of sulfonamides is 1. The Morgan fingerprint density at radius 2 is 1.52 bits per heavy atom. The minimum atomic E-state index is -4.10. The lowest BCUT2D eigenvalue weighted by atomic mass is 10.1. The fraction of sp³-hybridized carbons (Fsp3) is 0.355. The van der Waals surface area contributed by atoms with E-state index in [1.165, 1.54) is 17.0 Å². The van der Waals surface area contributed by atoms with E-state index in [4.69, 9.17) is 11.6 Å². The third-order valence-corrected chi connectivity index (χ3v) is 9.56. The zero-order chi connectivity index (χ0) is 28.7. The van der Waals surface area contributed by atoms with Crippen LogP contribution in [0.3, 0.4) is 0 Å². The van der Waals surface area contributed by atoms with E-state index in [0.717, 1.165) is 35.6 Å². The highest BCUT2D eigenvalue weighted by atomic mass is 35.5. The Labute approximate surface area is 242 Å². The summed E-state index contributed by atoms with van der Waals surface area (Å²) >= 11 is 6.44. The molecule has 7 nitrogen and oxygen atoms in total. The van der Waals surface area contributed by atoms with Gasteiger partial charge >= 0.3 is 0 Å². The predicted octanol–water partition coefficient (Wildman–Crippen LogP) is 5.57. The summed E-state index contributed by atoms with van der Waals surface area (Å²) < 4.78 is 29.1. The van der Waals surface area contributed by atoms with Gasteiger partial charge in [0.2, 0.25) is 11.8 Å². The van der Waals surface area contributed by atoms with Gasteiger partial charge in [-0.3, -0.25) is 13.9 Å². The first-order valence-corrected chi connectivity index (χ1v) is 15.5. The van der Waals surface area contributed by atoms with Crippen molar-refractivity contribution in [3.63, 3.8) is 0 Å². The number of amides is 2. The third-order valence-electron chi connectivity index (χ3n) is 7.42. The number of benzene rings is 3. The van der Waals surface area contributed by atoms with Gasteiger partial charge in [0.25, 0.3) is 10.0 Å². The van der Waals surface area contributed by atoms with Crippen LogP contribution in [-0.2, 0) is 32.6 Å². The van der Waals surface area contributed by atoms with Crippen LogP contribution in [-0.4, -0.2) is 43.8 Å². The molecule has 0 unspecified atom stereocenters. The summed E-state index contributed by atoms with van der Waals surface area (Å²) in [6, 6.07) is 21.6. The number of rotatable bonds is 11. The lowest BCUT2D eigenvalue weighted by molar-refractivity contribution is -0.139. The van der Waals surface area contributed by atoms with E-state index in [1.807, 2.05) is 25.1 Å². The minimum absolute atomic E-state index is 0.0619. The maximum atomic E-state index is 14.1. The lowest BCUT2D eigenvalue weighted by Crippen LogP contribution is -2.52. The van der Waals surface area contributed by atoms with Gasteiger partial charge in [-0.2, -0.15) is 0 Å². The van der Waals surface area contributed by atoms with Gasteiger partial charge in [0.1, 0.15) is 12.6 Å². The number of halogens is 1. The molecule has 0 spiro atoms. The molecule has 40 heavy (non-hydrogen) atoms. The van der Waals surface area contributed by atoms with Gasteiger partial charge in [0.15, 0.2) is 0 Å². The van der Waals surface area contributed by atoms with Crippen LogP contribution in [0.2, 0.25) is 5.02 Å². The second-order valence-corrected chi connectivity index (χ2v) is 12.4. The molecule has 4 rings (SSSR count). The SMILES string of the molecule is CCc1ccccc1N(CC(=O)N(Cc1ccccc1Cl)[C@@H](C)C(=O)NC1CCCC1)S(=O)(=O)c1ccccc1. The molecule has 212 valence electrons. The maximum Gasteiger partial charge on any atom is 0.264 e. The zero-order valence-corrected chi connectivity index (χ0v) is 24.5. The first-order valence-electron chi connectivity index (χ1n) is 13.7. The molecule has 0 radical (unpaired) electrons. The van der Waals surface area contributed by atoms with Crippen molar-refractivity contribution < 1.29 is 18.0 Å². The van der Waals surface area contributed by atoms with E-state index in [-0.39, 0.29) is 23.4 Å². The fourth-order valence-electron chi connectivity index (χ4n) is 5.07. The van der Waals surface area contributed by atoms with E-state index >= 15 is 0 Å². The molecule has 0 bridgehead atoms. The summed E-state index contributed by atoms with van der Waals surface area (Å²) in [5.41, 5.74) is 1.90. The Morgan fingerprint density at radius 3 is 2.17 bits per heavy atom. The van der Waals surface area contributed by atoms with Gasteiger partial charge in [0, 0.05) is 17.6 Å². The van der Waals surface area contributed by atoms with Crippen LogP contribution in [0.5, 0.6) is 0 Å². The Hall–Kier alpha value is -3.36. The molecule has 0 saturated heterocycles. The van der Waals surface area contributed by atoms with Crippen molar-refractivity contribution >= 4 is 39.1 Å². The van der Waals surface area contributed by atoms with Gasteiger partial charge < -0.3 is 10.2 Å². The Kier molecular flexibility index (Phi) is 9.87. The van der Waals surface area contributed by atoms with Crippen LogP contribution in [0.1, 0.15) is 50.7 Å². The molecule has 1 aliphatic rings. The monoisotopic (exact) mass is 581 g/mol. The Bertz CT molecular complexity index is 1430.